The van der Waals surface area contributed by atoms with E-state index in [0.29, 0.717) is 0 Å². The Labute approximate surface area is 304 Å². The first-order chi connectivity index (χ1) is 25.5. The molecule has 0 unspecified atom stereocenters. The molecule has 1 aromatic heterocycles. The molecular formula is C50H37NO. The van der Waals surface area contributed by atoms with Gasteiger partial charge in [0.25, 0.3) is 0 Å². The Morgan fingerprint density at radius 1 is 0.481 bits per heavy atom. The number of para-hydroxylation sites is 1. The van der Waals surface area contributed by atoms with Gasteiger partial charge in [0.1, 0.15) is 11.2 Å². The van der Waals surface area contributed by atoms with Gasteiger partial charge in [-0.25, -0.2) is 0 Å². The predicted octanol–water partition coefficient (Wildman–Crippen LogP) is 14.2. The first-order valence-electron chi connectivity index (χ1n) is 18.1. The molecule has 0 amide bonds. The highest BCUT2D eigenvalue weighted by Crippen LogP contribution is 2.52. The van der Waals surface area contributed by atoms with E-state index in [4.69, 9.17) is 4.42 Å². The number of fused-ring (bicyclic) bond motifs is 7. The van der Waals surface area contributed by atoms with Crippen LogP contribution >= 0.6 is 0 Å². The highest BCUT2D eigenvalue weighted by molar-refractivity contribution is 6.13. The Balaban J connectivity index is 1.18. The van der Waals surface area contributed by atoms with Gasteiger partial charge in [-0.05, 0) is 110 Å². The van der Waals surface area contributed by atoms with E-state index in [1.165, 1.54) is 60.8 Å². The molecule has 1 heterocycles. The summed E-state index contributed by atoms with van der Waals surface area (Å²) in [4.78, 5) is 2.42. The Kier molecular flexibility index (Phi) is 6.78. The maximum Gasteiger partial charge on any atom is 0.137 e. The van der Waals surface area contributed by atoms with Crippen molar-refractivity contribution in [2.45, 2.75) is 26.2 Å². The van der Waals surface area contributed by atoms with E-state index in [1.807, 2.05) is 6.07 Å². The van der Waals surface area contributed by atoms with Gasteiger partial charge in [0.15, 0.2) is 0 Å². The molecule has 0 aliphatic heterocycles. The molecule has 0 spiro atoms. The van der Waals surface area contributed by atoms with Crippen LogP contribution in [0.25, 0.3) is 66.1 Å². The molecule has 0 atom stereocenters. The Bertz CT molecular complexity index is 2820. The topological polar surface area (TPSA) is 16.4 Å². The minimum atomic E-state index is -0.125. The number of hydrogen-bond donors (Lipinski definition) is 0. The number of rotatable bonds is 5. The van der Waals surface area contributed by atoms with Crippen molar-refractivity contribution in [2.24, 2.45) is 0 Å². The second-order valence-electron chi connectivity index (χ2n) is 14.6. The standard InChI is InChI=1S/C50H37NO/c1-32-13-11-19-42-47(32)40-30-28-37(31-43(40)50(42,2)3)51(44-20-12-22-46-49(44)41-18-9-10-21-45(41)52-46)36-26-23-34(24-27-36)39-29-25-33-14-7-8-17-38(33)48(39)35-15-5-4-6-16-35/h4-31H,1-3H3. The lowest BCUT2D eigenvalue weighted by Crippen LogP contribution is -2.16. The lowest BCUT2D eigenvalue weighted by Gasteiger charge is -2.29. The Morgan fingerprint density at radius 2 is 1.17 bits per heavy atom. The normalized spacial score (nSPS) is 13.1. The summed E-state index contributed by atoms with van der Waals surface area (Å²) in [5.74, 6) is 0. The maximum absolute atomic E-state index is 6.42. The first kappa shape index (κ1) is 30.4. The molecule has 2 nitrogen and oxygen atoms in total. The second kappa shape index (κ2) is 11.6. The van der Waals surface area contributed by atoms with Gasteiger partial charge in [-0.1, -0.05) is 141 Å². The zero-order valence-electron chi connectivity index (χ0n) is 29.5. The van der Waals surface area contributed by atoms with Gasteiger partial charge in [0.05, 0.1) is 11.1 Å². The summed E-state index contributed by atoms with van der Waals surface area (Å²) < 4.78 is 6.42. The van der Waals surface area contributed by atoms with Crippen molar-refractivity contribution in [3.63, 3.8) is 0 Å². The van der Waals surface area contributed by atoms with Crippen LogP contribution in [0.5, 0.6) is 0 Å². The van der Waals surface area contributed by atoms with Crippen LogP contribution in [0.4, 0.5) is 17.1 Å². The van der Waals surface area contributed by atoms with Gasteiger partial charge in [-0.15, -0.1) is 0 Å². The van der Waals surface area contributed by atoms with Crippen molar-refractivity contribution in [1.82, 2.24) is 0 Å². The maximum atomic E-state index is 6.42. The number of aryl methyl sites for hydroxylation is 1. The van der Waals surface area contributed by atoms with Gasteiger partial charge >= 0.3 is 0 Å². The van der Waals surface area contributed by atoms with Crippen molar-refractivity contribution >= 4 is 49.8 Å². The Hall–Kier alpha value is -6.38. The fourth-order valence-corrected chi connectivity index (χ4v) is 8.69. The molecule has 52 heavy (non-hydrogen) atoms. The van der Waals surface area contributed by atoms with Crippen LogP contribution in [-0.4, -0.2) is 0 Å². The van der Waals surface area contributed by atoms with Gasteiger partial charge < -0.3 is 9.32 Å². The van der Waals surface area contributed by atoms with Crippen molar-refractivity contribution in [3.8, 4) is 33.4 Å². The van der Waals surface area contributed by atoms with Gasteiger partial charge in [0.2, 0.25) is 0 Å². The van der Waals surface area contributed by atoms with E-state index >= 15 is 0 Å². The van der Waals surface area contributed by atoms with E-state index in [9.17, 15) is 0 Å². The molecule has 0 radical (unpaired) electrons. The van der Waals surface area contributed by atoms with Crippen LogP contribution in [0.3, 0.4) is 0 Å². The third-order valence-electron chi connectivity index (χ3n) is 11.2. The van der Waals surface area contributed by atoms with Gasteiger partial charge in [-0.3, -0.25) is 0 Å². The lowest BCUT2D eigenvalue weighted by molar-refractivity contribution is 0.660. The zero-order valence-corrected chi connectivity index (χ0v) is 29.5. The average Bonchev–Trinajstić information content (AvgIpc) is 3.68. The van der Waals surface area contributed by atoms with E-state index in [-0.39, 0.29) is 5.41 Å². The Morgan fingerprint density at radius 3 is 2.02 bits per heavy atom. The highest BCUT2D eigenvalue weighted by Gasteiger charge is 2.37. The van der Waals surface area contributed by atoms with Crippen molar-refractivity contribution in [3.05, 3.63) is 187 Å². The SMILES string of the molecule is Cc1cccc2c1-c1ccc(N(c3ccc(-c4ccc5ccccc5c4-c4ccccc4)cc3)c3cccc4oc5ccccc5c34)cc1C2(C)C. The summed E-state index contributed by atoms with van der Waals surface area (Å²) in [6, 6.07) is 61.6. The fourth-order valence-electron chi connectivity index (χ4n) is 8.69. The molecule has 9 aromatic rings. The van der Waals surface area contributed by atoms with E-state index in [1.54, 1.807) is 0 Å². The molecule has 0 saturated heterocycles. The minimum absolute atomic E-state index is 0.125. The molecule has 0 saturated carbocycles. The molecule has 10 rings (SSSR count). The largest absolute Gasteiger partial charge is 0.456 e. The first-order valence-corrected chi connectivity index (χ1v) is 18.1. The van der Waals surface area contributed by atoms with E-state index < -0.39 is 0 Å². The van der Waals surface area contributed by atoms with Crippen LogP contribution in [0.1, 0.15) is 30.5 Å². The molecule has 2 heteroatoms. The minimum Gasteiger partial charge on any atom is -0.456 e. The van der Waals surface area contributed by atoms with E-state index in [0.717, 1.165) is 39.0 Å². The third kappa shape index (κ3) is 4.57. The quantitative estimate of drug-likeness (QED) is 0.182. The molecule has 0 bridgehead atoms. The van der Waals surface area contributed by atoms with Crippen molar-refractivity contribution in [1.29, 1.82) is 0 Å². The molecule has 248 valence electrons. The number of anilines is 3. The van der Waals surface area contributed by atoms with Crippen LogP contribution in [0.15, 0.2) is 174 Å². The molecule has 1 aliphatic carbocycles. The number of benzene rings is 8. The van der Waals surface area contributed by atoms with Crippen LogP contribution in [-0.2, 0) is 5.41 Å². The molecule has 0 N–H and O–H groups in total. The van der Waals surface area contributed by atoms with Crippen molar-refractivity contribution < 1.29 is 4.42 Å². The molecule has 0 fully saturated rings. The molecule has 1 aliphatic rings. The summed E-state index contributed by atoms with van der Waals surface area (Å²) in [7, 11) is 0. The third-order valence-corrected chi connectivity index (χ3v) is 11.2. The lowest BCUT2D eigenvalue weighted by atomic mass is 9.82. The summed E-state index contributed by atoms with van der Waals surface area (Å²) in [6.45, 7) is 6.95. The fraction of sp³-hybridized carbons (Fsp3) is 0.0800. The number of nitrogens with zero attached hydrogens (tertiary/aromatic N) is 1. The summed E-state index contributed by atoms with van der Waals surface area (Å²) >= 11 is 0. The number of furan rings is 1. The smallest absolute Gasteiger partial charge is 0.137 e. The summed E-state index contributed by atoms with van der Waals surface area (Å²) in [5.41, 5.74) is 16.6. The predicted molar refractivity (Wildman–Crippen MR) is 219 cm³/mol. The highest BCUT2D eigenvalue weighted by atomic mass is 16.3. The van der Waals surface area contributed by atoms with Crippen molar-refractivity contribution in [2.75, 3.05) is 4.90 Å². The van der Waals surface area contributed by atoms with Gasteiger partial charge in [-0.2, -0.15) is 0 Å². The summed E-state index contributed by atoms with van der Waals surface area (Å²) in [6.07, 6.45) is 0. The average molecular weight is 668 g/mol. The number of hydrogen-bond acceptors (Lipinski definition) is 2. The zero-order chi connectivity index (χ0) is 35.0. The molecular weight excluding hydrogens is 631 g/mol. The van der Waals surface area contributed by atoms with Gasteiger partial charge in [0, 0.05) is 22.2 Å². The second-order valence-corrected chi connectivity index (χ2v) is 14.6. The monoisotopic (exact) mass is 667 g/mol. The van der Waals surface area contributed by atoms with E-state index in [2.05, 4.69) is 189 Å². The van der Waals surface area contributed by atoms with Crippen LogP contribution in [0, 0.1) is 6.92 Å². The molecule has 8 aromatic carbocycles. The van der Waals surface area contributed by atoms with Crippen LogP contribution < -0.4 is 4.90 Å². The summed E-state index contributed by atoms with van der Waals surface area (Å²) in [5, 5.41) is 4.72. The van der Waals surface area contributed by atoms with Crippen LogP contribution in [0.2, 0.25) is 0 Å².